The molecule has 32 heavy (non-hydrogen) atoms. The van der Waals surface area contributed by atoms with Crippen LogP contribution in [0.2, 0.25) is 0 Å². The first-order valence-electron chi connectivity index (χ1n) is 11.1. The van der Waals surface area contributed by atoms with E-state index in [9.17, 15) is 14.7 Å². The number of aryl methyl sites for hydroxylation is 1. The van der Waals surface area contributed by atoms with Gasteiger partial charge in [-0.2, -0.15) is 0 Å². The second-order valence-corrected chi connectivity index (χ2v) is 10.4. The zero-order valence-corrected chi connectivity index (χ0v) is 19.0. The number of aliphatic hydroxyl groups is 1. The Hall–Kier alpha value is -2.07. The van der Waals surface area contributed by atoms with Crippen molar-refractivity contribution in [2.75, 3.05) is 13.7 Å². The smallest absolute Gasteiger partial charge is 0.326 e. The zero-order chi connectivity index (χ0) is 22.8. The molecule has 0 spiro atoms. The topological polar surface area (TPSA) is 121 Å². The maximum absolute atomic E-state index is 16.5. The third-order valence-corrected chi connectivity index (χ3v) is 8.83. The molecule has 2 aromatic rings. The van der Waals surface area contributed by atoms with Crippen LogP contribution in [-0.4, -0.2) is 34.8 Å². The molecule has 9 heteroatoms. The van der Waals surface area contributed by atoms with Crippen molar-refractivity contribution >= 4 is 16.9 Å². The van der Waals surface area contributed by atoms with E-state index >= 15 is 4.39 Å². The van der Waals surface area contributed by atoms with Gasteiger partial charge in [0.1, 0.15) is 11.9 Å². The van der Waals surface area contributed by atoms with E-state index in [-0.39, 0.29) is 41.4 Å². The standard InChI is InChI=1S/C23H28FN3O4S/c1-10-17-18(26-22(30)27-21(17)29)20(31-2)23(19(10)24,11-6-7-11)16-8-13-12(14(25)9-28)4-3-5-15(13)32-16/h8,11-12,14,20,28H,3-7,9,25H2,1-2H3,(H2,26,27,29,30). The number of hydrogen-bond donors (Lipinski definition) is 4. The minimum absolute atomic E-state index is 0.00316. The number of rotatable bonds is 5. The summed E-state index contributed by atoms with van der Waals surface area (Å²) in [6.07, 6.45) is 3.60. The Kier molecular flexibility index (Phi) is 5.28. The van der Waals surface area contributed by atoms with Crippen LogP contribution in [0, 0.1) is 5.92 Å². The number of aromatic nitrogens is 2. The van der Waals surface area contributed by atoms with E-state index in [2.05, 4.69) is 9.97 Å². The third kappa shape index (κ3) is 2.95. The monoisotopic (exact) mass is 461 g/mol. The molecule has 4 atom stereocenters. The number of nitrogens with one attached hydrogen (secondary N) is 2. The number of halogens is 1. The van der Waals surface area contributed by atoms with Crippen molar-refractivity contribution in [3.63, 3.8) is 0 Å². The highest BCUT2D eigenvalue weighted by Gasteiger charge is 2.60. The molecule has 4 unspecified atom stereocenters. The molecule has 5 N–H and O–H groups in total. The highest BCUT2D eigenvalue weighted by Crippen LogP contribution is 2.64. The average molecular weight is 462 g/mol. The predicted molar refractivity (Wildman–Crippen MR) is 121 cm³/mol. The van der Waals surface area contributed by atoms with E-state index in [0.29, 0.717) is 5.69 Å². The minimum atomic E-state index is -1.10. The summed E-state index contributed by atoms with van der Waals surface area (Å²) < 4.78 is 22.3. The summed E-state index contributed by atoms with van der Waals surface area (Å²) in [7, 11) is 1.50. The Morgan fingerprint density at radius 2 is 2.09 bits per heavy atom. The fourth-order valence-electron chi connectivity index (χ4n) is 5.88. The minimum Gasteiger partial charge on any atom is -0.395 e. The number of allylic oxidation sites excluding steroid dienone is 1. The number of aliphatic hydroxyl groups excluding tert-OH is 1. The number of nitrogens with two attached hydrogens (primary N) is 1. The molecule has 3 aliphatic rings. The molecule has 0 saturated heterocycles. The number of H-pyrrole nitrogens is 2. The molecule has 5 rings (SSSR count). The van der Waals surface area contributed by atoms with E-state index < -0.39 is 22.8 Å². The number of methoxy groups -OCH3 is 1. The summed E-state index contributed by atoms with van der Waals surface area (Å²) in [5.41, 5.74) is 5.70. The molecular formula is C23H28FN3O4S. The number of ether oxygens (including phenoxy) is 1. The van der Waals surface area contributed by atoms with Gasteiger partial charge in [-0.3, -0.25) is 9.78 Å². The van der Waals surface area contributed by atoms with Crippen molar-refractivity contribution < 1.29 is 14.2 Å². The van der Waals surface area contributed by atoms with Gasteiger partial charge in [0.15, 0.2) is 0 Å². The van der Waals surface area contributed by atoms with Gasteiger partial charge in [-0.15, -0.1) is 11.3 Å². The molecule has 0 bridgehead atoms. The molecule has 7 nitrogen and oxygen atoms in total. The van der Waals surface area contributed by atoms with Crippen molar-refractivity contribution in [3.05, 3.63) is 59.3 Å². The summed E-state index contributed by atoms with van der Waals surface area (Å²) >= 11 is 1.58. The molecule has 0 radical (unpaired) electrons. The zero-order valence-electron chi connectivity index (χ0n) is 18.2. The molecule has 0 aromatic carbocycles. The lowest BCUT2D eigenvalue weighted by atomic mass is 9.67. The Labute approximate surface area is 188 Å². The maximum atomic E-state index is 16.5. The van der Waals surface area contributed by atoms with Crippen LogP contribution in [0.1, 0.15) is 71.2 Å². The van der Waals surface area contributed by atoms with Gasteiger partial charge in [-0.1, -0.05) is 0 Å². The van der Waals surface area contributed by atoms with E-state index in [4.69, 9.17) is 10.5 Å². The summed E-state index contributed by atoms with van der Waals surface area (Å²) in [6.45, 7) is 1.50. The third-order valence-electron chi connectivity index (χ3n) is 7.47. The predicted octanol–water partition coefficient (Wildman–Crippen LogP) is 2.61. The fourth-order valence-corrected chi connectivity index (χ4v) is 7.43. The lowest BCUT2D eigenvalue weighted by Gasteiger charge is -2.42. The average Bonchev–Trinajstić information content (AvgIpc) is 3.52. The van der Waals surface area contributed by atoms with Crippen LogP contribution in [0.4, 0.5) is 4.39 Å². The molecule has 2 heterocycles. The van der Waals surface area contributed by atoms with Crippen LogP contribution >= 0.6 is 11.3 Å². The summed E-state index contributed by atoms with van der Waals surface area (Å²) in [5.74, 6) is -0.334. The molecule has 0 amide bonds. The van der Waals surface area contributed by atoms with Crippen molar-refractivity contribution in [1.29, 1.82) is 0 Å². The molecule has 2 aromatic heterocycles. The van der Waals surface area contributed by atoms with Gasteiger partial charge in [-0.25, -0.2) is 9.18 Å². The Morgan fingerprint density at radius 1 is 1.34 bits per heavy atom. The summed E-state index contributed by atoms with van der Waals surface area (Å²) in [4.78, 5) is 31.7. The van der Waals surface area contributed by atoms with Crippen LogP contribution < -0.4 is 17.0 Å². The Balaban J connectivity index is 1.77. The van der Waals surface area contributed by atoms with Crippen LogP contribution in [0.25, 0.3) is 5.57 Å². The lowest BCUT2D eigenvalue weighted by molar-refractivity contribution is 0.0208. The fraction of sp³-hybridized carbons (Fsp3) is 0.565. The molecule has 1 saturated carbocycles. The van der Waals surface area contributed by atoms with Gasteiger partial charge in [0.05, 0.1) is 23.3 Å². The molecule has 172 valence electrons. The first-order valence-corrected chi connectivity index (χ1v) is 11.9. The van der Waals surface area contributed by atoms with Crippen molar-refractivity contribution in [2.45, 2.75) is 62.5 Å². The summed E-state index contributed by atoms with van der Waals surface area (Å²) in [5, 5.41) is 9.66. The number of thiophene rings is 1. The summed E-state index contributed by atoms with van der Waals surface area (Å²) in [6, 6.07) is 1.68. The second kappa shape index (κ2) is 7.76. The first kappa shape index (κ1) is 21.8. The van der Waals surface area contributed by atoms with Crippen molar-refractivity contribution in [2.24, 2.45) is 11.7 Å². The van der Waals surface area contributed by atoms with E-state index in [0.717, 1.165) is 42.5 Å². The van der Waals surface area contributed by atoms with Crippen LogP contribution in [0.15, 0.2) is 21.5 Å². The van der Waals surface area contributed by atoms with Gasteiger partial charge in [0, 0.05) is 28.8 Å². The number of fused-ring (bicyclic) bond motifs is 2. The number of aromatic amines is 2. The van der Waals surface area contributed by atoms with E-state index in [1.165, 1.54) is 12.0 Å². The normalized spacial score (nSPS) is 28.4. The van der Waals surface area contributed by atoms with Gasteiger partial charge in [-0.05, 0) is 62.1 Å². The highest BCUT2D eigenvalue weighted by atomic mass is 32.1. The van der Waals surface area contributed by atoms with E-state index in [1.54, 1.807) is 18.3 Å². The van der Waals surface area contributed by atoms with E-state index in [1.807, 2.05) is 6.07 Å². The molecule has 3 aliphatic carbocycles. The highest BCUT2D eigenvalue weighted by molar-refractivity contribution is 7.12. The number of hydrogen-bond acceptors (Lipinski definition) is 6. The quantitative estimate of drug-likeness (QED) is 0.545. The van der Waals surface area contributed by atoms with Crippen LogP contribution in [0.5, 0.6) is 0 Å². The maximum Gasteiger partial charge on any atom is 0.326 e. The second-order valence-electron chi connectivity index (χ2n) is 9.23. The van der Waals surface area contributed by atoms with Gasteiger partial charge >= 0.3 is 5.69 Å². The van der Waals surface area contributed by atoms with Crippen molar-refractivity contribution in [3.8, 4) is 0 Å². The van der Waals surface area contributed by atoms with Crippen molar-refractivity contribution in [1.82, 2.24) is 9.97 Å². The first-order chi connectivity index (χ1) is 15.3. The van der Waals surface area contributed by atoms with Gasteiger partial charge in [0.25, 0.3) is 5.56 Å². The lowest BCUT2D eigenvalue weighted by Crippen LogP contribution is -2.44. The molecule has 0 aliphatic heterocycles. The van der Waals surface area contributed by atoms with Crippen LogP contribution in [-0.2, 0) is 16.6 Å². The SMILES string of the molecule is COC1c2[nH]c(=O)[nH]c(=O)c2C(C)=C(F)C1(c1cc2c(s1)CCCC2C(N)CO)C1CC1. The van der Waals surface area contributed by atoms with Gasteiger partial charge < -0.3 is 20.6 Å². The van der Waals surface area contributed by atoms with Crippen LogP contribution in [0.3, 0.4) is 0 Å². The van der Waals surface area contributed by atoms with Gasteiger partial charge in [0.2, 0.25) is 0 Å². The molecule has 1 fully saturated rings. The Morgan fingerprint density at radius 3 is 2.75 bits per heavy atom. The Bertz CT molecular complexity index is 1210. The largest absolute Gasteiger partial charge is 0.395 e. The molecular weight excluding hydrogens is 433 g/mol.